The van der Waals surface area contributed by atoms with Gasteiger partial charge in [-0.2, -0.15) is 0 Å². The molecule has 1 aliphatic heterocycles. The normalized spacial score (nSPS) is 13.4. The average molecular weight is 465 g/mol. The van der Waals surface area contributed by atoms with Gasteiger partial charge in [0.1, 0.15) is 5.75 Å². The first-order valence-electron chi connectivity index (χ1n) is 10.9. The fraction of sp³-hybridized carbons (Fsp3) is 0.269. The number of anilines is 2. The van der Waals surface area contributed by atoms with Gasteiger partial charge in [0.15, 0.2) is 6.61 Å². The molecule has 0 radical (unpaired) electrons. The van der Waals surface area contributed by atoms with Crippen molar-refractivity contribution < 1.29 is 17.9 Å². The number of aryl methyl sites for hydroxylation is 3. The lowest BCUT2D eigenvalue weighted by Crippen LogP contribution is -2.35. The minimum absolute atomic E-state index is 0.144. The van der Waals surface area contributed by atoms with Crippen LogP contribution >= 0.6 is 0 Å². The van der Waals surface area contributed by atoms with Gasteiger partial charge in [-0.25, -0.2) is 8.42 Å². The average Bonchev–Trinajstić information content (AvgIpc) is 2.83. The van der Waals surface area contributed by atoms with E-state index in [0.29, 0.717) is 12.3 Å². The van der Waals surface area contributed by atoms with E-state index in [0.717, 1.165) is 35.3 Å². The number of carbonyl (C=O) groups excluding carboxylic acids is 1. The molecule has 0 fully saturated rings. The molecule has 172 valence electrons. The Hall–Kier alpha value is -3.32. The Balaban J connectivity index is 1.43. The molecule has 0 bridgehead atoms. The number of benzene rings is 3. The van der Waals surface area contributed by atoms with Crippen molar-refractivity contribution in [2.75, 3.05) is 29.4 Å². The second-order valence-corrected chi connectivity index (χ2v) is 10.2. The second kappa shape index (κ2) is 9.27. The highest BCUT2D eigenvalue weighted by atomic mass is 32.2. The van der Waals surface area contributed by atoms with Gasteiger partial charge in [0.05, 0.1) is 10.6 Å². The predicted molar refractivity (Wildman–Crippen MR) is 131 cm³/mol. The fourth-order valence-electron chi connectivity index (χ4n) is 3.90. The Kier molecular flexibility index (Phi) is 6.42. The Morgan fingerprint density at radius 1 is 1.00 bits per heavy atom. The lowest BCUT2D eigenvalue weighted by atomic mass is 10.0. The molecule has 0 saturated heterocycles. The van der Waals surface area contributed by atoms with Crippen LogP contribution in [0.1, 0.15) is 23.1 Å². The van der Waals surface area contributed by atoms with Gasteiger partial charge in [0, 0.05) is 19.3 Å². The van der Waals surface area contributed by atoms with Crippen LogP contribution < -0.4 is 13.9 Å². The molecule has 33 heavy (non-hydrogen) atoms. The first kappa shape index (κ1) is 22.9. The van der Waals surface area contributed by atoms with Gasteiger partial charge in [0.2, 0.25) is 0 Å². The fourth-order valence-corrected chi connectivity index (χ4v) is 5.44. The first-order chi connectivity index (χ1) is 15.8. The van der Waals surface area contributed by atoms with E-state index in [-0.39, 0.29) is 17.4 Å². The van der Waals surface area contributed by atoms with Crippen molar-refractivity contribution in [2.24, 2.45) is 0 Å². The molecule has 0 unspecified atom stereocenters. The van der Waals surface area contributed by atoms with Gasteiger partial charge in [0.25, 0.3) is 15.9 Å². The first-order valence-corrected chi connectivity index (χ1v) is 12.4. The van der Waals surface area contributed by atoms with Crippen LogP contribution in [-0.2, 0) is 21.2 Å². The highest BCUT2D eigenvalue weighted by Crippen LogP contribution is 2.32. The molecular weight excluding hydrogens is 436 g/mol. The largest absolute Gasteiger partial charge is 0.484 e. The number of rotatable bonds is 6. The van der Waals surface area contributed by atoms with E-state index in [1.54, 1.807) is 24.1 Å². The molecule has 1 amide bonds. The number of fused-ring (bicyclic) bond motifs is 1. The van der Waals surface area contributed by atoms with E-state index < -0.39 is 10.0 Å². The number of hydrogen-bond acceptors (Lipinski definition) is 4. The number of hydrogen-bond donors (Lipinski definition) is 0. The van der Waals surface area contributed by atoms with Crippen LogP contribution in [-0.4, -0.2) is 34.5 Å². The molecule has 4 rings (SSSR count). The topological polar surface area (TPSA) is 66.9 Å². The molecule has 0 spiro atoms. The molecule has 0 aromatic heterocycles. The third kappa shape index (κ3) is 4.73. The number of ether oxygens (including phenoxy) is 1. The van der Waals surface area contributed by atoms with E-state index in [9.17, 15) is 13.2 Å². The zero-order valence-corrected chi connectivity index (χ0v) is 19.9. The van der Waals surface area contributed by atoms with Crippen LogP contribution in [0.2, 0.25) is 0 Å². The van der Waals surface area contributed by atoms with E-state index in [2.05, 4.69) is 0 Å². The SMILES string of the molecule is Cc1ccc(N(C)C(=O)COc2ccc(S(=O)(=O)N3CCCc4ccccc43)cc2)cc1C. The van der Waals surface area contributed by atoms with Crippen molar-refractivity contribution in [3.63, 3.8) is 0 Å². The summed E-state index contributed by atoms with van der Waals surface area (Å²) in [7, 11) is -1.97. The Morgan fingerprint density at radius 3 is 2.45 bits per heavy atom. The van der Waals surface area contributed by atoms with Gasteiger partial charge in [-0.1, -0.05) is 24.3 Å². The third-order valence-corrected chi connectivity index (χ3v) is 7.92. The molecule has 0 N–H and O–H groups in total. The van der Waals surface area contributed by atoms with Crippen LogP contribution in [0.5, 0.6) is 5.75 Å². The van der Waals surface area contributed by atoms with Crippen molar-refractivity contribution in [3.8, 4) is 5.75 Å². The van der Waals surface area contributed by atoms with Gasteiger partial charge in [-0.3, -0.25) is 9.10 Å². The van der Waals surface area contributed by atoms with Crippen molar-refractivity contribution in [3.05, 3.63) is 83.4 Å². The highest BCUT2D eigenvalue weighted by molar-refractivity contribution is 7.92. The number of amides is 1. The third-order valence-electron chi connectivity index (χ3n) is 6.09. The lowest BCUT2D eigenvalue weighted by molar-refractivity contribution is -0.120. The van der Waals surface area contributed by atoms with Crippen molar-refractivity contribution >= 4 is 27.3 Å². The van der Waals surface area contributed by atoms with Crippen LogP contribution in [0, 0.1) is 13.8 Å². The number of likely N-dealkylation sites (N-methyl/N-ethyl adjacent to an activating group) is 1. The van der Waals surface area contributed by atoms with Gasteiger partial charge in [-0.05, 0) is 85.8 Å². The lowest BCUT2D eigenvalue weighted by Gasteiger charge is -2.30. The number of sulfonamides is 1. The number of nitrogens with zero attached hydrogens (tertiary/aromatic N) is 2. The van der Waals surface area contributed by atoms with Crippen LogP contribution in [0.25, 0.3) is 0 Å². The zero-order chi connectivity index (χ0) is 23.6. The summed E-state index contributed by atoms with van der Waals surface area (Å²) in [5.41, 5.74) is 4.86. The van der Waals surface area contributed by atoms with Gasteiger partial charge in [-0.15, -0.1) is 0 Å². The molecule has 1 aliphatic rings. The minimum atomic E-state index is -3.68. The van der Waals surface area contributed by atoms with Crippen LogP contribution in [0.3, 0.4) is 0 Å². The van der Waals surface area contributed by atoms with Crippen molar-refractivity contribution in [1.29, 1.82) is 0 Å². The maximum atomic E-state index is 13.2. The maximum absolute atomic E-state index is 13.2. The second-order valence-electron chi connectivity index (χ2n) is 8.29. The predicted octanol–water partition coefficient (Wildman–Crippen LogP) is 4.49. The molecule has 3 aromatic rings. The summed E-state index contributed by atoms with van der Waals surface area (Å²) in [5.74, 6) is 0.245. The van der Waals surface area contributed by atoms with Crippen molar-refractivity contribution in [1.82, 2.24) is 0 Å². The van der Waals surface area contributed by atoms with Crippen molar-refractivity contribution in [2.45, 2.75) is 31.6 Å². The molecule has 0 saturated carbocycles. The van der Waals surface area contributed by atoms with Crippen LogP contribution in [0.4, 0.5) is 11.4 Å². The molecular formula is C26H28N2O4S. The molecule has 7 heteroatoms. The molecule has 0 atom stereocenters. The summed E-state index contributed by atoms with van der Waals surface area (Å²) in [6, 6.07) is 19.7. The molecule has 3 aromatic carbocycles. The highest BCUT2D eigenvalue weighted by Gasteiger charge is 2.28. The summed E-state index contributed by atoms with van der Waals surface area (Å²) < 4.78 is 33.6. The van der Waals surface area contributed by atoms with E-state index in [1.807, 2.05) is 56.3 Å². The summed E-state index contributed by atoms with van der Waals surface area (Å²) in [6.07, 6.45) is 1.66. The van der Waals surface area contributed by atoms with E-state index in [4.69, 9.17) is 4.74 Å². The Morgan fingerprint density at radius 2 is 1.73 bits per heavy atom. The zero-order valence-electron chi connectivity index (χ0n) is 19.1. The summed E-state index contributed by atoms with van der Waals surface area (Å²) in [6.45, 7) is 4.34. The molecule has 1 heterocycles. The summed E-state index contributed by atoms with van der Waals surface area (Å²) in [4.78, 5) is 14.3. The smallest absolute Gasteiger partial charge is 0.264 e. The quantitative estimate of drug-likeness (QED) is 0.539. The maximum Gasteiger partial charge on any atom is 0.264 e. The standard InChI is InChI=1S/C26H28N2O4S/c1-19-10-11-22(17-20(19)2)27(3)26(29)18-32-23-12-14-24(15-13-23)33(30,31)28-16-6-8-21-7-4-5-9-25(21)28/h4-5,7,9-15,17H,6,8,16,18H2,1-3H3. The van der Waals surface area contributed by atoms with Gasteiger partial charge < -0.3 is 9.64 Å². The summed E-state index contributed by atoms with van der Waals surface area (Å²) >= 11 is 0. The Bertz CT molecular complexity index is 1270. The number of carbonyl (C=O) groups is 1. The minimum Gasteiger partial charge on any atom is -0.484 e. The van der Waals surface area contributed by atoms with Gasteiger partial charge >= 0.3 is 0 Å². The van der Waals surface area contributed by atoms with E-state index >= 15 is 0 Å². The molecule has 0 aliphatic carbocycles. The molecule has 6 nitrogen and oxygen atoms in total. The summed E-state index contributed by atoms with van der Waals surface area (Å²) in [5, 5.41) is 0. The van der Waals surface area contributed by atoms with Crippen LogP contribution in [0.15, 0.2) is 71.6 Å². The Labute approximate surface area is 195 Å². The number of para-hydroxylation sites is 1. The monoisotopic (exact) mass is 464 g/mol. The van der Waals surface area contributed by atoms with E-state index in [1.165, 1.54) is 22.0 Å².